The summed E-state index contributed by atoms with van der Waals surface area (Å²) in [6.45, 7) is 5.46. The third-order valence-electron chi connectivity index (χ3n) is 5.28. The Kier molecular flexibility index (Phi) is 6.55. The topological polar surface area (TPSA) is 64.2 Å². The number of halogens is 1. The number of hydrogen-bond acceptors (Lipinski definition) is 2. The predicted octanol–water partition coefficient (Wildman–Crippen LogP) is 5.07. The highest BCUT2D eigenvalue weighted by Gasteiger charge is 2.21. The molecule has 158 valence electrons. The first-order valence-electron chi connectivity index (χ1n) is 10.2. The van der Waals surface area contributed by atoms with Crippen LogP contribution in [0.5, 0.6) is 0 Å². The fourth-order valence-corrected chi connectivity index (χ4v) is 3.90. The summed E-state index contributed by atoms with van der Waals surface area (Å²) in [4.78, 5) is 24.5. The molecule has 1 aromatic heterocycles. The SMILES string of the molecule is CCCc1c(CF)n(C(C)C)c(=O)n1Cc1ccc(-c2ccccc2C(=O)O)cc1. The highest BCUT2D eigenvalue weighted by atomic mass is 19.1. The number of nitrogens with zero attached hydrogens (tertiary/aromatic N) is 2. The Balaban J connectivity index is 1.99. The van der Waals surface area contributed by atoms with Gasteiger partial charge >= 0.3 is 11.7 Å². The monoisotopic (exact) mass is 410 g/mol. The van der Waals surface area contributed by atoms with E-state index in [1.807, 2.05) is 45.0 Å². The van der Waals surface area contributed by atoms with Gasteiger partial charge in [0.15, 0.2) is 0 Å². The lowest BCUT2D eigenvalue weighted by atomic mass is 9.99. The Morgan fingerprint density at radius 1 is 1.07 bits per heavy atom. The first-order chi connectivity index (χ1) is 14.4. The number of alkyl halides is 1. The van der Waals surface area contributed by atoms with Crippen molar-refractivity contribution in [2.45, 2.75) is 52.9 Å². The molecule has 5 nitrogen and oxygen atoms in total. The molecule has 0 radical (unpaired) electrons. The zero-order chi connectivity index (χ0) is 21.8. The summed E-state index contributed by atoms with van der Waals surface area (Å²) in [5.74, 6) is -0.973. The number of benzene rings is 2. The van der Waals surface area contributed by atoms with Gasteiger partial charge in [-0.15, -0.1) is 0 Å². The van der Waals surface area contributed by atoms with E-state index in [1.54, 1.807) is 33.4 Å². The zero-order valence-corrected chi connectivity index (χ0v) is 17.6. The second-order valence-electron chi connectivity index (χ2n) is 7.66. The average Bonchev–Trinajstić information content (AvgIpc) is 3.00. The van der Waals surface area contributed by atoms with Crippen molar-refractivity contribution < 1.29 is 14.3 Å². The van der Waals surface area contributed by atoms with Crippen molar-refractivity contribution in [3.05, 3.63) is 81.5 Å². The van der Waals surface area contributed by atoms with Crippen molar-refractivity contribution >= 4 is 5.97 Å². The van der Waals surface area contributed by atoms with Gasteiger partial charge in [-0.1, -0.05) is 55.8 Å². The molecule has 1 heterocycles. The second-order valence-corrected chi connectivity index (χ2v) is 7.66. The zero-order valence-electron chi connectivity index (χ0n) is 17.6. The normalized spacial score (nSPS) is 11.2. The summed E-state index contributed by atoms with van der Waals surface area (Å²) in [5.41, 5.74) is 3.60. The van der Waals surface area contributed by atoms with Gasteiger partial charge in [-0.25, -0.2) is 14.0 Å². The molecular formula is C24H27FN2O3. The lowest BCUT2D eigenvalue weighted by molar-refractivity contribution is 0.0697. The van der Waals surface area contributed by atoms with Crippen LogP contribution >= 0.6 is 0 Å². The summed E-state index contributed by atoms with van der Waals surface area (Å²) in [6.07, 6.45) is 1.46. The van der Waals surface area contributed by atoms with E-state index in [2.05, 4.69) is 0 Å². The fourth-order valence-electron chi connectivity index (χ4n) is 3.90. The number of carboxylic acids is 1. The maximum atomic E-state index is 13.8. The predicted molar refractivity (Wildman–Crippen MR) is 116 cm³/mol. The van der Waals surface area contributed by atoms with Crippen LogP contribution in [0.25, 0.3) is 11.1 Å². The number of carbonyl (C=O) groups is 1. The van der Waals surface area contributed by atoms with Crippen LogP contribution in [-0.4, -0.2) is 20.2 Å². The lowest BCUT2D eigenvalue weighted by Gasteiger charge is -2.10. The van der Waals surface area contributed by atoms with E-state index in [-0.39, 0.29) is 17.3 Å². The molecule has 0 aliphatic heterocycles. The molecule has 0 atom stereocenters. The van der Waals surface area contributed by atoms with Crippen LogP contribution < -0.4 is 5.69 Å². The largest absolute Gasteiger partial charge is 0.478 e. The second kappa shape index (κ2) is 9.11. The number of rotatable bonds is 8. The molecule has 30 heavy (non-hydrogen) atoms. The van der Waals surface area contributed by atoms with Gasteiger partial charge in [-0.3, -0.25) is 9.13 Å². The van der Waals surface area contributed by atoms with Gasteiger partial charge in [-0.2, -0.15) is 0 Å². The van der Waals surface area contributed by atoms with E-state index >= 15 is 0 Å². The van der Waals surface area contributed by atoms with Crippen molar-refractivity contribution in [3.8, 4) is 11.1 Å². The summed E-state index contributed by atoms with van der Waals surface area (Å²) in [7, 11) is 0. The van der Waals surface area contributed by atoms with Crippen LogP contribution in [0.15, 0.2) is 53.3 Å². The van der Waals surface area contributed by atoms with Crippen molar-refractivity contribution in [1.82, 2.24) is 9.13 Å². The van der Waals surface area contributed by atoms with E-state index in [0.717, 1.165) is 23.2 Å². The maximum Gasteiger partial charge on any atom is 0.336 e. The fraction of sp³-hybridized carbons (Fsp3) is 0.333. The highest BCUT2D eigenvalue weighted by molar-refractivity contribution is 5.95. The van der Waals surface area contributed by atoms with Gasteiger partial charge in [-0.05, 0) is 43.0 Å². The minimum atomic E-state index is -0.973. The van der Waals surface area contributed by atoms with Crippen LogP contribution in [0.2, 0.25) is 0 Å². The molecule has 2 aromatic carbocycles. The molecule has 0 fully saturated rings. The maximum absolute atomic E-state index is 13.8. The van der Waals surface area contributed by atoms with Gasteiger partial charge in [0.2, 0.25) is 0 Å². The minimum Gasteiger partial charge on any atom is -0.478 e. The van der Waals surface area contributed by atoms with Crippen molar-refractivity contribution in [3.63, 3.8) is 0 Å². The lowest BCUT2D eigenvalue weighted by Crippen LogP contribution is -2.27. The molecule has 0 amide bonds. The van der Waals surface area contributed by atoms with Gasteiger partial charge in [0.1, 0.15) is 6.67 Å². The van der Waals surface area contributed by atoms with E-state index in [1.165, 1.54) is 0 Å². The minimum absolute atomic E-state index is 0.116. The standard InChI is InChI=1S/C24H27FN2O3/c1-4-7-21-22(14-25)27(16(2)3)24(30)26(21)15-17-10-12-18(13-11-17)19-8-5-6-9-20(19)23(28)29/h5-6,8-13,16H,4,7,14-15H2,1-3H3,(H,28,29). The van der Waals surface area contributed by atoms with Crippen LogP contribution in [0.3, 0.4) is 0 Å². The molecule has 0 aliphatic carbocycles. The van der Waals surface area contributed by atoms with Gasteiger partial charge in [0.25, 0.3) is 0 Å². The Hall–Kier alpha value is -3.15. The van der Waals surface area contributed by atoms with Crippen LogP contribution in [0.1, 0.15) is 60.5 Å². The Labute approximate surface area is 175 Å². The number of aromatic nitrogens is 2. The molecule has 0 saturated heterocycles. The molecular weight excluding hydrogens is 383 g/mol. The van der Waals surface area contributed by atoms with Crippen LogP contribution in [0, 0.1) is 0 Å². The molecule has 0 saturated carbocycles. The number of carboxylic acid groups (broad SMARTS) is 1. The van der Waals surface area contributed by atoms with Gasteiger partial charge in [0, 0.05) is 11.7 Å². The van der Waals surface area contributed by atoms with Crippen molar-refractivity contribution in [1.29, 1.82) is 0 Å². The molecule has 0 spiro atoms. The molecule has 6 heteroatoms. The Morgan fingerprint density at radius 3 is 2.30 bits per heavy atom. The Bertz CT molecular complexity index is 1090. The smallest absolute Gasteiger partial charge is 0.336 e. The first kappa shape index (κ1) is 21.6. The molecule has 0 unspecified atom stereocenters. The highest BCUT2D eigenvalue weighted by Crippen LogP contribution is 2.25. The number of hydrogen-bond donors (Lipinski definition) is 1. The van der Waals surface area contributed by atoms with E-state index in [0.29, 0.717) is 24.2 Å². The average molecular weight is 410 g/mol. The summed E-state index contributed by atoms with van der Waals surface area (Å²) >= 11 is 0. The van der Waals surface area contributed by atoms with Crippen molar-refractivity contribution in [2.24, 2.45) is 0 Å². The summed E-state index contributed by atoms with van der Waals surface area (Å²) < 4.78 is 17.0. The van der Waals surface area contributed by atoms with Crippen molar-refractivity contribution in [2.75, 3.05) is 0 Å². The van der Waals surface area contributed by atoms with Gasteiger partial charge < -0.3 is 5.11 Å². The number of aromatic carboxylic acids is 1. The molecule has 1 N–H and O–H groups in total. The Morgan fingerprint density at radius 2 is 1.73 bits per heavy atom. The number of imidazole rings is 1. The molecule has 0 bridgehead atoms. The van der Waals surface area contributed by atoms with Crippen LogP contribution in [-0.2, 0) is 19.6 Å². The molecule has 3 aromatic rings. The third-order valence-corrected chi connectivity index (χ3v) is 5.28. The van der Waals surface area contributed by atoms with E-state index in [9.17, 15) is 19.1 Å². The van der Waals surface area contributed by atoms with Gasteiger partial charge in [0.05, 0.1) is 17.8 Å². The van der Waals surface area contributed by atoms with Crippen LogP contribution in [0.4, 0.5) is 4.39 Å². The first-order valence-corrected chi connectivity index (χ1v) is 10.2. The molecule has 3 rings (SSSR count). The van der Waals surface area contributed by atoms with E-state index < -0.39 is 12.6 Å². The van der Waals surface area contributed by atoms with E-state index in [4.69, 9.17) is 0 Å². The quantitative estimate of drug-likeness (QED) is 0.564. The third kappa shape index (κ3) is 4.08. The summed E-state index contributed by atoms with van der Waals surface area (Å²) in [5, 5.41) is 9.41. The molecule has 0 aliphatic rings. The summed E-state index contributed by atoms with van der Waals surface area (Å²) in [6, 6.07) is 14.2.